The molecule has 68 valence electrons. The van der Waals surface area contributed by atoms with Gasteiger partial charge >= 0.3 is 0 Å². The molecule has 12 heavy (non-hydrogen) atoms. The molecule has 0 saturated heterocycles. The average molecular weight is 255 g/mol. The fourth-order valence-electron chi connectivity index (χ4n) is 0.911. The normalized spacial score (nSPS) is 9.33. The van der Waals surface area contributed by atoms with Crippen LogP contribution in [-0.2, 0) is 6.54 Å². The SMILES string of the molecule is Cc1c(Br)cc(F)cc1CN.Cl. The van der Waals surface area contributed by atoms with Crippen molar-refractivity contribution in [1.29, 1.82) is 0 Å². The van der Waals surface area contributed by atoms with Crippen LogP contribution in [-0.4, -0.2) is 0 Å². The number of halogens is 3. The predicted molar refractivity (Wildman–Crippen MR) is 54.0 cm³/mol. The molecule has 0 aliphatic heterocycles. The minimum absolute atomic E-state index is 0. The molecular formula is C8H10BrClFN. The van der Waals surface area contributed by atoms with Gasteiger partial charge in [-0.2, -0.15) is 0 Å². The summed E-state index contributed by atoms with van der Waals surface area (Å²) in [7, 11) is 0. The Kier molecular flexibility index (Phi) is 4.75. The highest BCUT2D eigenvalue weighted by Crippen LogP contribution is 2.20. The van der Waals surface area contributed by atoms with E-state index >= 15 is 0 Å². The zero-order valence-electron chi connectivity index (χ0n) is 6.60. The third-order valence-corrected chi connectivity index (χ3v) is 2.46. The average Bonchev–Trinajstić information content (AvgIpc) is 1.96. The highest BCUT2D eigenvalue weighted by Gasteiger charge is 2.02. The summed E-state index contributed by atoms with van der Waals surface area (Å²) in [6, 6.07) is 2.90. The maximum atomic E-state index is 12.7. The van der Waals surface area contributed by atoms with Crippen LogP contribution in [0, 0.1) is 12.7 Å². The second kappa shape index (κ2) is 4.80. The van der Waals surface area contributed by atoms with Gasteiger partial charge in [0.1, 0.15) is 5.82 Å². The van der Waals surface area contributed by atoms with E-state index in [4.69, 9.17) is 5.73 Å². The van der Waals surface area contributed by atoms with E-state index in [1.807, 2.05) is 6.92 Å². The summed E-state index contributed by atoms with van der Waals surface area (Å²) in [4.78, 5) is 0. The first kappa shape index (κ1) is 11.9. The number of benzene rings is 1. The maximum Gasteiger partial charge on any atom is 0.124 e. The highest BCUT2D eigenvalue weighted by atomic mass is 79.9. The first-order chi connectivity index (χ1) is 5.15. The Morgan fingerprint density at radius 1 is 1.50 bits per heavy atom. The second-order valence-electron chi connectivity index (χ2n) is 2.38. The number of hydrogen-bond donors (Lipinski definition) is 1. The third kappa shape index (κ3) is 2.44. The van der Waals surface area contributed by atoms with Crippen LogP contribution in [0.3, 0.4) is 0 Å². The molecule has 0 spiro atoms. The van der Waals surface area contributed by atoms with E-state index < -0.39 is 0 Å². The molecule has 0 saturated carbocycles. The van der Waals surface area contributed by atoms with Crippen molar-refractivity contribution < 1.29 is 4.39 Å². The van der Waals surface area contributed by atoms with Gasteiger partial charge in [-0.15, -0.1) is 12.4 Å². The summed E-state index contributed by atoms with van der Waals surface area (Å²) in [5.41, 5.74) is 7.25. The molecule has 1 rings (SSSR count). The van der Waals surface area contributed by atoms with Gasteiger partial charge in [-0.3, -0.25) is 0 Å². The van der Waals surface area contributed by atoms with E-state index in [9.17, 15) is 4.39 Å². The van der Waals surface area contributed by atoms with E-state index in [2.05, 4.69) is 15.9 Å². The van der Waals surface area contributed by atoms with E-state index in [-0.39, 0.29) is 18.2 Å². The minimum atomic E-state index is -0.247. The van der Waals surface area contributed by atoms with Gasteiger partial charge < -0.3 is 5.73 Å². The quantitative estimate of drug-likeness (QED) is 0.819. The van der Waals surface area contributed by atoms with Crippen LogP contribution in [0.5, 0.6) is 0 Å². The lowest BCUT2D eigenvalue weighted by Gasteiger charge is -2.04. The summed E-state index contributed by atoms with van der Waals surface area (Å²) in [6.07, 6.45) is 0. The summed E-state index contributed by atoms with van der Waals surface area (Å²) < 4.78 is 13.5. The Balaban J connectivity index is 0.00000121. The molecule has 4 heteroatoms. The van der Waals surface area contributed by atoms with Gasteiger partial charge in [0.05, 0.1) is 0 Å². The fourth-order valence-corrected chi connectivity index (χ4v) is 1.38. The van der Waals surface area contributed by atoms with E-state index in [1.165, 1.54) is 12.1 Å². The van der Waals surface area contributed by atoms with Crippen molar-refractivity contribution in [2.24, 2.45) is 5.73 Å². The lowest BCUT2D eigenvalue weighted by molar-refractivity contribution is 0.623. The summed E-state index contributed by atoms with van der Waals surface area (Å²) in [6.45, 7) is 2.29. The van der Waals surface area contributed by atoms with Gasteiger partial charge in [-0.1, -0.05) is 15.9 Å². The highest BCUT2D eigenvalue weighted by molar-refractivity contribution is 9.10. The molecule has 0 bridgehead atoms. The van der Waals surface area contributed by atoms with Crippen molar-refractivity contribution in [1.82, 2.24) is 0 Å². The molecule has 0 aromatic heterocycles. The Morgan fingerprint density at radius 2 is 2.08 bits per heavy atom. The van der Waals surface area contributed by atoms with Crippen molar-refractivity contribution >= 4 is 28.3 Å². The van der Waals surface area contributed by atoms with Crippen molar-refractivity contribution in [3.8, 4) is 0 Å². The van der Waals surface area contributed by atoms with Gasteiger partial charge in [0.15, 0.2) is 0 Å². The number of nitrogens with two attached hydrogens (primary N) is 1. The van der Waals surface area contributed by atoms with Gasteiger partial charge in [-0.05, 0) is 30.2 Å². The first-order valence-corrected chi connectivity index (χ1v) is 4.09. The molecule has 0 fully saturated rings. The van der Waals surface area contributed by atoms with Crippen molar-refractivity contribution in [3.05, 3.63) is 33.5 Å². The molecule has 0 aliphatic carbocycles. The standard InChI is InChI=1S/C8H9BrFN.ClH/c1-5-6(4-11)2-7(10)3-8(5)9;/h2-3H,4,11H2,1H3;1H. The number of rotatable bonds is 1. The zero-order valence-corrected chi connectivity index (χ0v) is 9.01. The van der Waals surface area contributed by atoms with Crippen molar-refractivity contribution in [2.75, 3.05) is 0 Å². The van der Waals surface area contributed by atoms with Gasteiger partial charge in [0.25, 0.3) is 0 Å². The molecule has 0 unspecified atom stereocenters. The van der Waals surface area contributed by atoms with Gasteiger partial charge in [0.2, 0.25) is 0 Å². The Hall–Kier alpha value is -0.120. The zero-order chi connectivity index (χ0) is 8.43. The molecule has 0 heterocycles. The second-order valence-corrected chi connectivity index (χ2v) is 3.23. The van der Waals surface area contributed by atoms with Crippen LogP contribution in [0.15, 0.2) is 16.6 Å². The van der Waals surface area contributed by atoms with Crippen molar-refractivity contribution in [2.45, 2.75) is 13.5 Å². The Bertz CT molecular complexity index is 278. The lowest BCUT2D eigenvalue weighted by atomic mass is 10.1. The van der Waals surface area contributed by atoms with Crippen LogP contribution < -0.4 is 5.73 Å². The number of hydrogen-bond acceptors (Lipinski definition) is 1. The molecule has 0 radical (unpaired) electrons. The predicted octanol–water partition coefficient (Wildman–Crippen LogP) is 2.78. The van der Waals surface area contributed by atoms with Crippen molar-refractivity contribution in [3.63, 3.8) is 0 Å². The lowest BCUT2D eigenvalue weighted by Crippen LogP contribution is -2.00. The molecule has 2 N–H and O–H groups in total. The van der Waals surface area contributed by atoms with E-state index in [0.717, 1.165) is 15.6 Å². The monoisotopic (exact) mass is 253 g/mol. The summed E-state index contributed by atoms with van der Waals surface area (Å²) >= 11 is 3.24. The third-order valence-electron chi connectivity index (χ3n) is 1.64. The fraction of sp³-hybridized carbons (Fsp3) is 0.250. The summed E-state index contributed by atoms with van der Waals surface area (Å²) in [5.74, 6) is -0.247. The van der Waals surface area contributed by atoms with E-state index in [1.54, 1.807) is 0 Å². The molecule has 0 atom stereocenters. The maximum absolute atomic E-state index is 12.7. The molecule has 1 aromatic carbocycles. The molecular weight excluding hydrogens is 244 g/mol. The van der Waals surface area contributed by atoms with Gasteiger partial charge in [-0.25, -0.2) is 4.39 Å². The van der Waals surface area contributed by atoms with Crippen LogP contribution in [0.4, 0.5) is 4.39 Å². The molecule has 1 aromatic rings. The largest absolute Gasteiger partial charge is 0.326 e. The minimum Gasteiger partial charge on any atom is -0.326 e. The van der Waals surface area contributed by atoms with Crippen LogP contribution in [0.25, 0.3) is 0 Å². The Morgan fingerprint density at radius 3 is 2.58 bits per heavy atom. The molecule has 1 nitrogen and oxygen atoms in total. The molecule has 0 aliphatic rings. The van der Waals surface area contributed by atoms with Crippen LogP contribution in [0.1, 0.15) is 11.1 Å². The van der Waals surface area contributed by atoms with E-state index in [0.29, 0.717) is 6.54 Å². The summed E-state index contributed by atoms with van der Waals surface area (Å²) in [5, 5.41) is 0. The van der Waals surface area contributed by atoms with Gasteiger partial charge in [0, 0.05) is 11.0 Å². The topological polar surface area (TPSA) is 26.0 Å². The van der Waals surface area contributed by atoms with Crippen LogP contribution >= 0.6 is 28.3 Å². The molecule has 0 amide bonds. The Labute approximate surface area is 85.7 Å². The van der Waals surface area contributed by atoms with Crippen LogP contribution in [0.2, 0.25) is 0 Å². The smallest absolute Gasteiger partial charge is 0.124 e. The first-order valence-electron chi connectivity index (χ1n) is 3.29.